The smallest absolute Gasteiger partial charge is 0.0830 e. The van der Waals surface area contributed by atoms with Crippen LogP contribution in [0.5, 0.6) is 0 Å². The molecule has 0 aromatic carbocycles. The molecule has 2 N–H and O–H groups in total. The fraction of sp³-hybridized carbons (Fsp3) is 0.733. The molecule has 1 heterocycles. The highest BCUT2D eigenvalue weighted by Gasteiger charge is 2.33. The van der Waals surface area contributed by atoms with E-state index in [0.29, 0.717) is 6.61 Å². The molecule has 0 aromatic rings. The predicted octanol–water partition coefficient (Wildman–Crippen LogP) is 2.44. The van der Waals surface area contributed by atoms with Crippen molar-refractivity contribution in [2.24, 2.45) is 5.92 Å². The van der Waals surface area contributed by atoms with E-state index >= 15 is 0 Å². The zero-order valence-electron chi connectivity index (χ0n) is 11.5. The largest absolute Gasteiger partial charge is 0.390 e. The number of hydrogen-bond acceptors (Lipinski definition) is 3. The van der Waals surface area contributed by atoms with Gasteiger partial charge in [-0.15, -0.1) is 0 Å². The molecule has 0 aliphatic carbocycles. The molecule has 0 aromatic heterocycles. The summed E-state index contributed by atoms with van der Waals surface area (Å²) in [7, 11) is 0. The maximum atomic E-state index is 9.88. The third kappa shape index (κ3) is 5.34. The first-order chi connectivity index (χ1) is 8.65. The molecule has 104 valence electrons. The Morgan fingerprint density at radius 3 is 2.72 bits per heavy atom. The number of unbranched alkanes of at least 4 members (excludes halogenated alkanes) is 1. The molecule has 0 bridgehead atoms. The predicted molar refractivity (Wildman–Crippen MR) is 73.3 cm³/mol. The van der Waals surface area contributed by atoms with Gasteiger partial charge in [-0.05, 0) is 26.2 Å². The summed E-state index contributed by atoms with van der Waals surface area (Å²) in [6, 6.07) is 0. The van der Waals surface area contributed by atoms with Crippen molar-refractivity contribution in [3.63, 3.8) is 0 Å². The van der Waals surface area contributed by atoms with Crippen LogP contribution in [0.15, 0.2) is 24.3 Å². The van der Waals surface area contributed by atoms with Crippen LogP contribution >= 0.6 is 0 Å². The maximum Gasteiger partial charge on any atom is 0.0830 e. The Morgan fingerprint density at radius 1 is 1.33 bits per heavy atom. The van der Waals surface area contributed by atoms with Crippen LogP contribution in [0.1, 0.15) is 39.5 Å². The van der Waals surface area contributed by atoms with Crippen LogP contribution in [0.2, 0.25) is 0 Å². The fourth-order valence-electron chi connectivity index (χ4n) is 2.19. The van der Waals surface area contributed by atoms with E-state index in [1.54, 1.807) is 13.0 Å². The molecule has 0 spiro atoms. The standard InChI is InChI=1S/C15H26O3/c1-3-4-5-6-7-8-13-14(17)11-18-15(13)10-9-12(2)16/h5-6,9-10,12-17H,3-4,7-8,11H2,1-2H3/b6-5+,10-9+. The second-order valence-electron chi connectivity index (χ2n) is 4.99. The molecule has 1 saturated heterocycles. The Hall–Kier alpha value is -0.640. The minimum atomic E-state index is -0.462. The molecule has 0 amide bonds. The van der Waals surface area contributed by atoms with Crippen molar-refractivity contribution in [2.45, 2.75) is 57.8 Å². The van der Waals surface area contributed by atoms with Crippen LogP contribution in [-0.4, -0.2) is 35.1 Å². The molecular weight excluding hydrogens is 228 g/mol. The monoisotopic (exact) mass is 254 g/mol. The van der Waals surface area contributed by atoms with Crippen LogP contribution < -0.4 is 0 Å². The van der Waals surface area contributed by atoms with Gasteiger partial charge in [-0.2, -0.15) is 0 Å². The van der Waals surface area contributed by atoms with E-state index < -0.39 is 6.10 Å². The van der Waals surface area contributed by atoms with Gasteiger partial charge in [0, 0.05) is 5.92 Å². The molecule has 1 aliphatic rings. The second-order valence-corrected chi connectivity index (χ2v) is 4.99. The third-order valence-electron chi connectivity index (χ3n) is 3.24. The lowest BCUT2D eigenvalue weighted by molar-refractivity contribution is 0.107. The van der Waals surface area contributed by atoms with Crippen molar-refractivity contribution in [3.8, 4) is 0 Å². The van der Waals surface area contributed by atoms with E-state index in [9.17, 15) is 10.2 Å². The molecule has 3 nitrogen and oxygen atoms in total. The third-order valence-corrected chi connectivity index (χ3v) is 3.24. The van der Waals surface area contributed by atoms with Crippen molar-refractivity contribution in [1.29, 1.82) is 0 Å². The molecule has 1 fully saturated rings. The maximum absolute atomic E-state index is 9.88. The van der Waals surface area contributed by atoms with Crippen LogP contribution in [0.3, 0.4) is 0 Å². The highest BCUT2D eigenvalue weighted by atomic mass is 16.5. The minimum absolute atomic E-state index is 0.0609. The Kier molecular flexibility index (Phi) is 7.25. The van der Waals surface area contributed by atoms with Crippen LogP contribution in [-0.2, 0) is 4.74 Å². The molecule has 18 heavy (non-hydrogen) atoms. The molecule has 0 radical (unpaired) electrons. The molecule has 0 saturated carbocycles. The van der Waals surface area contributed by atoms with E-state index in [1.807, 2.05) is 6.08 Å². The Morgan fingerprint density at radius 2 is 2.06 bits per heavy atom. The number of aliphatic hydroxyl groups excluding tert-OH is 2. The Labute approximate surface area is 110 Å². The highest BCUT2D eigenvalue weighted by molar-refractivity contribution is 5.01. The van der Waals surface area contributed by atoms with Gasteiger partial charge < -0.3 is 14.9 Å². The van der Waals surface area contributed by atoms with Crippen LogP contribution in [0, 0.1) is 5.92 Å². The summed E-state index contributed by atoms with van der Waals surface area (Å²) in [6.45, 7) is 4.28. The van der Waals surface area contributed by atoms with Gasteiger partial charge in [0.25, 0.3) is 0 Å². The zero-order chi connectivity index (χ0) is 13.4. The highest BCUT2D eigenvalue weighted by Crippen LogP contribution is 2.27. The second kappa shape index (κ2) is 8.46. The average Bonchev–Trinajstić information content (AvgIpc) is 2.68. The van der Waals surface area contributed by atoms with Crippen molar-refractivity contribution in [2.75, 3.05) is 6.61 Å². The Balaban J connectivity index is 2.39. The van der Waals surface area contributed by atoms with Crippen LogP contribution in [0.4, 0.5) is 0 Å². The van der Waals surface area contributed by atoms with E-state index in [-0.39, 0.29) is 18.1 Å². The molecule has 4 unspecified atom stereocenters. The van der Waals surface area contributed by atoms with Gasteiger partial charge in [0.05, 0.1) is 24.9 Å². The van der Waals surface area contributed by atoms with Crippen molar-refractivity contribution in [1.82, 2.24) is 0 Å². The summed E-state index contributed by atoms with van der Waals surface area (Å²) in [4.78, 5) is 0. The van der Waals surface area contributed by atoms with Crippen molar-refractivity contribution in [3.05, 3.63) is 24.3 Å². The van der Waals surface area contributed by atoms with Gasteiger partial charge in [-0.3, -0.25) is 0 Å². The normalized spacial score (nSPS) is 30.6. The van der Waals surface area contributed by atoms with Gasteiger partial charge in [-0.1, -0.05) is 37.6 Å². The van der Waals surface area contributed by atoms with Gasteiger partial charge in [0.2, 0.25) is 0 Å². The number of ether oxygens (including phenoxy) is 1. The van der Waals surface area contributed by atoms with Gasteiger partial charge >= 0.3 is 0 Å². The summed E-state index contributed by atoms with van der Waals surface area (Å²) in [5.74, 6) is 0.145. The quantitative estimate of drug-likeness (QED) is 0.686. The first-order valence-corrected chi connectivity index (χ1v) is 6.96. The number of rotatable bonds is 7. The number of allylic oxidation sites excluding steroid dienone is 2. The summed E-state index contributed by atoms with van der Waals surface area (Å²) >= 11 is 0. The molecular formula is C15H26O3. The summed E-state index contributed by atoms with van der Waals surface area (Å²) < 4.78 is 5.53. The van der Waals surface area contributed by atoms with Gasteiger partial charge in [-0.25, -0.2) is 0 Å². The zero-order valence-corrected chi connectivity index (χ0v) is 11.5. The lowest BCUT2D eigenvalue weighted by atomic mass is 9.93. The number of aliphatic hydroxyl groups is 2. The number of hydrogen-bond donors (Lipinski definition) is 2. The van der Waals surface area contributed by atoms with Crippen molar-refractivity contribution >= 4 is 0 Å². The Bertz CT molecular complexity index is 271. The van der Waals surface area contributed by atoms with Gasteiger partial charge in [0.15, 0.2) is 0 Å². The van der Waals surface area contributed by atoms with Crippen LogP contribution in [0.25, 0.3) is 0 Å². The lowest BCUT2D eigenvalue weighted by Gasteiger charge is -2.16. The van der Waals surface area contributed by atoms with E-state index in [0.717, 1.165) is 19.3 Å². The molecule has 1 rings (SSSR count). The molecule has 4 atom stereocenters. The summed E-state index contributed by atoms with van der Waals surface area (Å²) in [6.07, 6.45) is 11.3. The molecule has 3 heteroatoms. The van der Waals surface area contributed by atoms with E-state index in [4.69, 9.17) is 4.74 Å². The minimum Gasteiger partial charge on any atom is -0.390 e. The topological polar surface area (TPSA) is 49.7 Å². The SMILES string of the molecule is CCC/C=C/CCC1C(O)COC1/C=C/C(C)O. The summed E-state index contributed by atoms with van der Waals surface area (Å²) in [5.41, 5.74) is 0. The fourth-order valence-corrected chi connectivity index (χ4v) is 2.19. The van der Waals surface area contributed by atoms with Gasteiger partial charge in [0.1, 0.15) is 0 Å². The lowest BCUT2D eigenvalue weighted by Crippen LogP contribution is -2.22. The molecule has 1 aliphatic heterocycles. The van der Waals surface area contributed by atoms with E-state index in [1.165, 1.54) is 6.42 Å². The summed E-state index contributed by atoms with van der Waals surface area (Å²) in [5, 5.41) is 19.1. The van der Waals surface area contributed by atoms with Crippen molar-refractivity contribution < 1.29 is 14.9 Å². The first kappa shape index (κ1) is 15.4. The van der Waals surface area contributed by atoms with E-state index in [2.05, 4.69) is 19.1 Å². The first-order valence-electron chi connectivity index (χ1n) is 6.96. The average molecular weight is 254 g/mol.